The predicted molar refractivity (Wildman–Crippen MR) is 99.5 cm³/mol. The maximum absolute atomic E-state index is 11.3. The van der Waals surface area contributed by atoms with Gasteiger partial charge in [-0.25, -0.2) is 4.79 Å². The monoisotopic (exact) mass is 383 g/mol. The Morgan fingerprint density at radius 1 is 1.22 bits per heavy atom. The van der Waals surface area contributed by atoms with E-state index in [9.17, 15) is 4.79 Å². The largest absolute Gasteiger partial charge is 0.495 e. The number of carbonyl (C=O) groups is 1. The molecule has 1 aliphatic rings. The molecule has 152 valence electrons. The molecule has 0 aliphatic heterocycles. The number of nitrogens with one attached hydrogen (secondary N) is 1. The van der Waals surface area contributed by atoms with Gasteiger partial charge in [-0.3, -0.25) is 5.41 Å². The maximum atomic E-state index is 11.3. The third-order valence-corrected chi connectivity index (χ3v) is 3.70. The van der Waals surface area contributed by atoms with Crippen molar-refractivity contribution in [2.75, 3.05) is 46.8 Å². The molecule has 1 rings (SSSR count). The lowest BCUT2D eigenvalue weighted by Gasteiger charge is -2.23. The average molecular weight is 383 g/mol. The van der Waals surface area contributed by atoms with Crippen LogP contribution in [0.1, 0.15) is 19.3 Å². The molecule has 1 atom stereocenters. The van der Waals surface area contributed by atoms with Crippen LogP contribution in [0.25, 0.3) is 0 Å². The molecule has 8 heteroatoms. The summed E-state index contributed by atoms with van der Waals surface area (Å²) in [5, 5.41) is 16.5. The quantitative estimate of drug-likeness (QED) is 0.164. The van der Waals surface area contributed by atoms with E-state index in [1.807, 2.05) is 6.08 Å². The zero-order chi connectivity index (χ0) is 20.1. The summed E-state index contributed by atoms with van der Waals surface area (Å²) in [4.78, 5) is 11.3. The maximum Gasteiger partial charge on any atom is 0.335 e. The number of carbonyl (C=O) groups excluding carboxylic acids is 1. The zero-order valence-electron chi connectivity index (χ0n) is 15.8. The van der Waals surface area contributed by atoms with Gasteiger partial charge in [-0.05, 0) is 18.9 Å². The highest BCUT2D eigenvalue weighted by Gasteiger charge is 2.17. The van der Waals surface area contributed by atoms with Crippen molar-refractivity contribution in [3.63, 3.8) is 0 Å². The van der Waals surface area contributed by atoms with E-state index in [-0.39, 0.29) is 44.0 Å². The topological polar surface area (TPSA) is 107 Å². The number of rotatable bonds is 13. The first-order chi connectivity index (χ1) is 13.0. The van der Waals surface area contributed by atoms with Gasteiger partial charge in [-0.2, -0.15) is 0 Å². The number of esters is 1. The van der Waals surface area contributed by atoms with E-state index in [0.29, 0.717) is 18.6 Å². The molecule has 2 N–H and O–H groups in total. The van der Waals surface area contributed by atoms with E-state index in [2.05, 4.69) is 13.2 Å². The molecule has 1 unspecified atom stereocenters. The lowest BCUT2D eigenvalue weighted by Crippen LogP contribution is -2.22. The molecule has 27 heavy (non-hydrogen) atoms. The van der Waals surface area contributed by atoms with Crippen LogP contribution in [0.3, 0.4) is 0 Å². The van der Waals surface area contributed by atoms with Crippen LogP contribution >= 0.6 is 0 Å². The molecule has 8 nitrogen and oxygen atoms in total. The number of aliphatic hydroxyl groups excluding tert-OH is 1. The average Bonchev–Trinajstić information content (AvgIpc) is 2.68. The molecule has 0 radical (unpaired) electrons. The highest BCUT2D eigenvalue weighted by molar-refractivity contribution is 5.90. The van der Waals surface area contributed by atoms with Gasteiger partial charge in [0.25, 0.3) is 0 Å². The second-order valence-electron chi connectivity index (χ2n) is 5.90. The molecule has 0 aromatic carbocycles. The molecule has 0 fully saturated rings. The van der Waals surface area contributed by atoms with E-state index < -0.39 is 12.6 Å². The Morgan fingerprint density at radius 2 is 1.96 bits per heavy atom. The molecule has 0 spiro atoms. The van der Waals surface area contributed by atoms with Crippen molar-refractivity contribution in [1.82, 2.24) is 0 Å². The van der Waals surface area contributed by atoms with Crippen molar-refractivity contribution in [2.45, 2.75) is 25.4 Å². The Bertz CT molecular complexity index is 556. The smallest absolute Gasteiger partial charge is 0.335 e. The van der Waals surface area contributed by atoms with Gasteiger partial charge in [-0.1, -0.05) is 13.2 Å². The molecule has 0 saturated carbocycles. The number of methoxy groups -OCH3 is 1. The van der Waals surface area contributed by atoms with E-state index in [1.54, 1.807) is 0 Å². The number of ether oxygens (including phenoxy) is 5. The highest BCUT2D eigenvalue weighted by atomic mass is 16.6. The van der Waals surface area contributed by atoms with Gasteiger partial charge in [0.1, 0.15) is 19.8 Å². The summed E-state index contributed by atoms with van der Waals surface area (Å²) in [6.45, 7) is 7.86. The minimum absolute atomic E-state index is 0.00596. The summed E-state index contributed by atoms with van der Waals surface area (Å²) in [7, 11) is 1.54. The molecule has 0 amide bonds. The van der Waals surface area contributed by atoms with Crippen molar-refractivity contribution in [3.8, 4) is 0 Å². The highest BCUT2D eigenvalue weighted by Crippen LogP contribution is 2.21. The summed E-state index contributed by atoms with van der Waals surface area (Å²) >= 11 is 0. The fourth-order valence-corrected chi connectivity index (χ4v) is 2.27. The molecule has 1 aliphatic carbocycles. The summed E-state index contributed by atoms with van der Waals surface area (Å²) in [5.74, 6) is 0.176. The number of allylic oxidation sites excluding steroid dienone is 1. The van der Waals surface area contributed by atoms with E-state index in [1.165, 1.54) is 7.11 Å². The summed E-state index contributed by atoms with van der Waals surface area (Å²) in [6, 6.07) is 0. The molecule has 0 aromatic rings. The lowest BCUT2D eigenvalue weighted by atomic mass is 10.0. The minimum atomic E-state index is -0.626. The second kappa shape index (κ2) is 13.1. The van der Waals surface area contributed by atoms with Crippen LogP contribution in [-0.4, -0.2) is 69.8 Å². The van der Waals surface area contributed by atoms with Crippen LogP contribution < -0.4 is 0 Å². The molecule has 0 heterocycles. The summed E-state index contributed by atoms with van der Waals surface area (Å²) in [5.41, 5.74) is 0.499. The Hall–Kier alpha value is -2.16. The summed E-state index contributed by atoms with van der Waals surface area (Å²) in [6.07, 6.45) is 4.36. The van der Waals surface area contributed by atoms with Gasteiger partial charge in [0.15, 0.2) is 0 Å². The van der Waals surface area contributed by atoms with Crippen LogP contribution in [0.5, 0.6) is 0 Å². The Kier molecular flexibility index (Phi) is 11.1. The second-order valence-corrected chi connectivity index (χ2v) is 5.90. The van der Waals surface area contributed by atoms with E-state index >= 15 is 0 Å². The first-order valence-electron chi connectivity index (χ1n) is 8.75. The minimum Gasteiger partial charge on any atom is -0.495 e. The lowest BCUT2D eigenvalue weighted by molar-refractivity contribution is -0.140. The Balaban J connectivity index is 2.16. The fraction of sp³-hybridized carbons (Fsp3) is 0.579. The number of aliphatic hydroxyl groups is 1. The van der Waals surface area contributed by atoms with Crippen LogP contribution in [-0.2, 0) is 28.5 Å². The van der Waals surface area contributed by atoms with E-state index in [0.717, 1.165) is 18.6 Å². The van der Waals surface area contributed by atoms with Crippen molar-refractivity contribution in [1.29, 1.82) is 5.41 Å². The molecule has 0 aromatic heterocycles. The number of hydrogen-bond acceptors (Lipinski definition) is 8. The fourth-order valence-electron chi connectivity index (χ4n) is 2.27. The normalized spacial score (nSPS) is 16.2. The van der Waals surface area contributed by atoms with Crippen molar-refractivity contribution in [3.05, 3.63) is 36.1 Å². The molecular formula is C19H29NO7. The van der Waals surface area contributed by atoms with Crippen molar-refractivity contribution >= 4 is 11.9 Å². The standard InChI is InChI=1S/C19H29NO7/c1-14(12-21)19(22)27-10-8-25-17-6-4-5-16(11-17)24-7-9-26-18(20)15(2)13-23-3/h6,16,20-21H,1-2,4-5,7-13H2,3H3. The van der Waals surface area contributed by atoms with Gasteiger partial charge in [-0.15, -0.1) is 0 Å². The van der Waals surface area contributed by atoms with Crippen LogP contribution in [0.2, 0.25) is 0 Å². The first-order valence-corrected chi connectivity index (χ1v) is 8.75. The van der Waals surface area contributed by atoms with Crippen molar-refractivity contribution in [2.24, 2.45) is 0 Å². The Labute approximate surface area is 159 Å². The molecule has 0 bridgehead atoms. The molecule has 0 saturated heterocycles. The first kappa shape index (κ1) is 22.9. The van der Waals surface area contributed by atoms with Crippen LogP contribution in [0.15, 0.2) is 36.1 Å². The van der Waals surface area contributed by atoms with Gasteiger partial charge in [0, 0.05) is 19.1 Å². The van der Waals surface area contributed by atoms with Gasteiger partial charge < -0.3 is 28.8 Å². The SMILES string of the molecule is C=C(COC)C(=N)OCCOC1CCC=C(OCCOC(=O)C(=C)CO)C1. The summed E-state index contributed by atoms with van der Waals surface area (Å²) < 4.78 is 26.4. The predicted octanol–water partition coefficient (Wildman–Crippen LogP) is 1.74. The molecular weight excluding hydrogens is 354 g/mol. The number of hydrogen-bond donors (Lipinski definition) is 2. The third kappa shape index (κ3) is 9.37. The van der Waals surface area contributed by atoms with Gasteiger partial charge in [0.05, 0.1) is 37.3 Å². The van der Waals surface area contributed by atoms with Gasteiger partial charge >= 0.3 is 5.97 Å². The van der Waals surface area contributed by atoms with Crippen LogP contribution in [0.4, 0.5) is 0 Å². The van der Waals surface area contributed by atoms with Crippen LogP contribution in [0, 0.1) is 5.41 Å². The Morgan fingerprint density at radius 3 is 2.67 bits per heavy atom. The van der Waals surface area contributed by atoms with Gasteiger partial charge in [0.2, 0.25) is 5.90 Å². The zero-order valence-corrected chi connectivity index (χ0v) is 15.8. The van der Waals surface area contributed by atoms with E-state index in [4.69, 9.17) is 34.2 Å². The third-order valence-electron chi connectivity index (χ3n) is 3.70. The van der Waals surface area contributed by atoms with Crippen molar-refractivity contribution < 1.29 is 33.6 Å².